The molecule has 0 spiro atoms. The van der Waals surface area contributed by atoms with Crippen LogP contribution in [0.3, 0.4) is 0 Å². The van der Waals surface area contributed by atoms with Crippen LogP contribution < -0.4 is 5.43 Å². The van der Waals surface area contributed by atoms with Crippen LogP contribution in [0.5, 0.6) is 5.75 Å². The quantitative estimate of drug-likeness (QED) is 0.844. The van der Waals surface area contributed by atoms with Gasteiger partial charge < -0.3 is 14.6 Å². The lowest BCUT2D eigenvalue weighted by Gasteiger charge is -2.21. The van der Waals surface area contributed by atoms with Gasteiger partial charge in [0.15, 0.2) is 5.75 Å². The number of hydrogen-bond donors (Lipinski definition) is 1. The Balaban J connectivity index is 3.21. The maximum atomic E-state index is 11.4. The van der Waals surface area contributed by atoms with Gasteiger partial charge in [-0.3, -0.25) is 4.79 Å². The summed E-state index contributed by atoms with van der Waals surface area (Å²) in [5.74, 6) is -0.178. The zero-order valence-corrected chi connectivity index (χ0v) is 10.4. The first kappa shape index (κ1) is 12.8. The van der Waals surface area contributed by atoms with Crippen molar-refractivity contribution in [3.05, 3.63) is 28.2 Å². The number of nitrogens with zero attached hydrogens (tertiary/aromatic N) is 2. The Morgan fingerprint density at radius 3 is 2.62 bits per heavy atom. The van der Waals surface area contributed by atoms with Crippen molar-refractivity contribution in [1.82, 2.24) is 9.47 Å². The monoisotopic (exact) mass is 224 g/mol. The zero-order chi connectivity index (χ0) is 12.3. The molecule has 1 N–H and O–H groups in total. The van der Waals surface area contributed by atoms with E-state index >= 15 is 0 Å². The van der Waals surface area contributed by atoms with E-state index in [0.29, 0.717) is 6.54 Å². The average Bonchev–Trinajstić information content (AvgIpc) is 2.21. The highest BCUT2D eigenvalue weighted by Crippen LogP contribution is 2.16. The van der Waals surface area contributed by atoms with Gasteiger partial charge in [-0.15, -0.1) is 0 Å². The van der Waals surface area contributed by atoms with Crippen molar-refractivity contribution in [3.63, 3.8) is 0 Å². The predicted octanol–water partition coefficient (Wildman–Crippen LogP) is 1.59. The highest BCUT2D eigenvalue weighted by atomic mass is 16.3. The fourth-order valence-electron chi connectivity index (χ4n) is 1.64. The number of rotatable bonds is 4. The molecular formula is C12H20N2O2. The fourth-order valence-corrected chi connectivity index (χ4v) is 1.64. The van der Waals surface area contributed by atoms with Crippen molar-refractivity contribution in [2.75, 3.05) is 14.1 Å². The number of aromatic nitrogens is 1. The molecule has 0 saturated heterocycles. The smallest absolute Gasteiger partial charge is 0.223 e. The summed E-state index contributed by atoms with van der Waals surface area (Å²) in [5, 5.41) is 9.46. The van der Waals surface area contributed by atoms with Gasteiger partial charge in [0.05, 0.1) is 6.20 Å². The van der Waals surface area contributed by atoms with Crippen LogP contribution in [0.25, 0.3) is 0 Å². The maximum Gasteiger partial charge on any atom is 0.223 e. The van der Waals surface area contributed by atoms with Gasteiger partial charge >= 0.3 is 0 Å². The molecule has 0 aliphatic carbocycles. The van der Waals surface area contributed by atoms with Crippen LogP contribution in [0.15, 0.2) is 17.1 Å². The van der Waals surface area contributed by atoms with Crippen molar-refractivity contribution in [2.45, 2.75) is 32.9 Å². The number of hydrogen-bond acceptors (Lipinski definition) is 3. The Morgan fingerprint density at radius 1 is 1.50 bits per heavy atom. The van der Waals surface area contributed by atoms with E-state index in [0.717, 1.165) is 12.1 Å². The molecule has 0 aliphatic rings. The minimum atomic E-state index is -0.309. The molecule has 0 aliphatic heterocycles. The largest absolute Gasteiger partial charge is 0.503 e. The fraction of sp³-hybridized carbons (Fsp3) is 0.583. The third-order valence-corrected chi connectivity index (χ3v) is 2.69. The van der Waals surface area contributed by atoms with Crippen molar-refractivity contribution in [3.8, 4) is 5.75 Å². The van der Waals surface area contributed by atoms with Gasteiger partial charge in [-0.2, -0.15) is 0 Å². The van der Waals surface area contributed by atoms with Crippen LogP contribution in [0.2, 0.25) is 0 Å². The summed E-state index contributed by atoms with van der Waals surface area (Å²) in [5.41, 5.74) is 0.624. The molecular weight excluding hydrogens is 204 g/mol. The lowest BCUT2D eigenvalue weighted by molar-refractivity contribution is 0.368. The van der Waals surface area contributed by atoms with E-state index in [4.69, 9.17) is 0 Å². The van der Waals surface area contributed by atoms with Crippen LogP contribution in [0.1, 0.15) is 32.0 Å². The van der Waals surface area contributed by atoms with Crippen molar-refractivity contribution < 1.29 is 5.11 Å². The highest BCUT2D eigenvalue weighted by molar-refractivity contribution is 5.21. The van der Waals surface area contributed by atoms with Crippen molar-refractivity contribution >= 4 is 0 Å². The first-order chi connectivity index (χ1) is 7.45. The molecule has 1 rings (SSSR count). The third kappa shape index (κ3) is 2.85. The van der Waals surface area contributed by atoms with Crippen molar-refractivity contribution in [1.29, 1.82) is 0 Å². The van der Waals surface area contributed by atoms with Crippen LogP contribution in [-0.4, -0.2) is 28.7 Å². The number of aromatic hydroxyl groups is 1. The summed E-state index contributed by atoms with van der Waals surface area (Å²) in [6, 6.07) is 1.79. The second-order valence-corrected chi connectivity index (χ2v) is 4.42. The number of pyridine rings is 1. The zero-order valence-electron chi connectivity index (χ0n) is 10.4. The normalized spacial score (nSPS) is 13.1. The minimum Gasteiger partial charge on any atom is -0.503 e. The molecule has 0 radical (unpaired) electrons. The van der Waals surface area contributed by atoms with E-state index in [1.165, 1.54) is 12.3 Å². The Morgan fingerprint density at radius 2 is 2.12 bits per heavy atom. The topological polar surface area (TPSA) is 45.5 Å². The predicted molar refractivity (Wildman–Crippen MR) is 64.8 cm³/mol. The first-order valence-electron chi connectivity index (χ1n) is 5.54. The van der Waals surface area contributed by atoms with Crippen LogP contribution in [0.4, 0.5) is 0 Å². The Kier molecular flexibility index (Phi) is 4.12. The summed E-state index contributed by atoms with van der Waals surface area (Å²) in [6.45, 7) is 4.85. The van der Waals surface area contributed by atoms with Gasteiger partial charge in [0.2, 0.25) is 5.43 Å². The molecule has 1 aromatic heterocycles. The molecule has 0 fully saturated rings. The van der Waals surface area contributed by atoms with Gasteiger partial charge in [-0.1, -0.05) is 6.92 Å². The molecule has 0 aromatic carbocycles. The summed E-state index contributed by atoms with van der Waals surface area (Å²) in [7, 11) is 3.91. The minimum absolute atomic E-state index is 0.178. The third-order valence-electron chi connectivity index (χ3n) is 2.69. The van der Waals surface area contributed by atoms with Crippen LogP contribution in [-0.2, 0) is 6.54 Å². The second-order valence-electron chi connectivity index (χ2n) is 4.42. The van der Waals surface area contributed by atoms with Crippen LogP contribution in [0, 0.1) is 0 Å². The lowest BCUT2D eigenvalue weighted by atomic mass is 10.2. The Bertz CT molecular complexity index is 410. The second kappa shape index (κ2) is 5.16. The molecule has 0 bridgehead atoms. The van der Waals surface area contributed by atoms with Crippen molar-refractivity contribution in [2.24, 2.45) is 0 Å². The van der Waals surface area contributed by atoms with E-state index in [9.17, 15) is 9.90 Å². The van der Waals surface area contributed by atoms with Gasteiger partial charge in [0, 0.05) is 24.3 Å². The van der Waals surface area contributed by atoms with Crippen LogP contribution >= 0.6 is 0 Å². The molecule has 0 saturated carbocycles. The average molecular weight is 224 g/mol. The van der Waals surface area contributed by atoms with E-state index < -0.39 is 0 Å². The Hall–Kier alpha value is -1.29. The molecule has 1 aromatic rings. The molecule has 16 heavy (non-hydrogen) atoms. The SMILES string of the molecule is CCC(C)n1cc(O)c(=O)cc1CN(C)C. The Labute approximate surface area is 96.1 Å². The van der Waals surface area contributed by atoms with E-state index in [-0.39, 0.29) is 17.2 Å². The summed E-state index contributed by atoms with van der Waals surface area (Å²) in [4.78, 5) is 13.4. The maximum absolute atomic E-state index is 11.4. The van der Waals surface area contributed by atoms with E-state index in [1.54, 1.807) is 0 Å². The molecule has 1 atom stereocenters. The molecule has 1 unspecified atom stereocenters. The summed E-state index contributed by atoms with van der Waals surface area (Å²) in [6.07, 6.45) is 2.50. The van der Waals surface area contributed by atoms with Gasteiger partial charge in [-0.25, -0.2) is 0 Å². The summed E-state index contributed by atoms with van der Waals surface area (Å²) < 4.78 is 1.97. The lowest BCUT2D eigenvalue weighted by Crippen LogP contribution is -2.21. The van der Waals surface area contributed by atoms with Gasteiger partial charge in [0.25, 0.3) is 0 Å². The van der Waals surface area contributed by atoms with Gasteiger partial charge in [-0.05, 0) is 27.4 Å². The summed E-state index contributed by atoms with van der Waals surface area (Å²) >= 11 is 0. The standard InChI is InChI=1S/C12H20N2O2/c1-5-9(2)14-8-12(16)11(15)6-10(14)7-13(3)4/h6,8-9,16H,5,7H2,1-4H3. The molecule has 4 heteroatoms. The van der Waals surface area contributed by atoms with E-state index in [2.05, 4.69) is 13.8 Å². The highest BCUT2D eigenvalue weighted by Gasteiger charge is 2.10. The molecule has 0 amide bonds. The molecule has 1 heterocycles. The first-order valence-corrected chi connectivity index (χ1v) is 5.54. The van der Waals surface area contributed by atoms with Gasteiger partial charge in [0.1, 0.15) is 0 Å². The van der Waals surface area contributed by atoms with E-state index in [1.807, 2.05) is 23.6 Å². The molecule has 90 valence electrons. The molecule has 4 nitrogen and oxygen atoms in total.